The van der Waals surface area contributed by atoms with E-state index in [1.807, 2.05) is 18.2 Å². The molecule has 4 heteroatoms. The molecular weight excluding hydrogens is 289 g/mol. The van der Waals surface area contributed by atoms with Crippen LogP contribution in [0.5, 0.6) is 0 Å². The van der Waals surface area contributed by atoms with Gasteiger partial charge in [-0.2, -0.15) is 0 Å². The first kappa shape index (κ1) is 15.1. The Hall–Kier alpha value is -2.31. The van der Waals surface area contributed by atoms with E-state index in [2.05, 4.69) is 17.2 Å². The molecule has 0 aliphatic rings. The van der Waals surface area contributed by atoms with Crippen molar-refractivity contribution in [3.05, 3.63) is 70.5 Å². The minimum Gasteiger partial charge on any atom is -0.345 e. The summed E-state index contributed by atoms with van der Waals surface area (Å²) < 4.78 is 12.7. The third-order valence-electron chi connectivity index (χ3n) is 2.75. The minimum absolute atomic E-state index is 0.327. The third kappa shape index (κ3) is 5.29. The van der Waals surface area contributed by atoms with E-state index in [4.69, 9.17) is 11.6 Å². The number of carbonyl (C=O) groups is 1. The SMILES string of the molecule is O=C(C#Cc1ccc(F)cc1)NCCc1cccc(Cl)c1. The largest absolute Gasteiger partial charge is 0.345 e. The predicted octanol–water partition coefficient (Wildman–Crippen LogP) is 3.19. The van der Waals surface area contributed by atoms with Crippen LogP contribution in [0.4, 0.5) is 4.39 Å². The van der Waals surface area contributed by atoms with Gasteiger partial charge in [-0.05, 0) is 48.4 Å². The van der Waals surface area contributed by atoms with Crippen molar-refractivity contribution in [2.45, 2.75) is 6.42 Å². The van der Waals surface area contributed by atoms with Crippen molar-refractivity contribution >= 4 is 17.5 Å². The lowest BCUT2D eigenvalue weighted by molar-refractivity contribution is -0.115. The van der Waals surface area contributed by atoms with Gasteiger partial charge in [0, 0.05) is 23.1 Å². The van der Waals surface area contributed by atoms with Crippen molar-refractivity contribution in [2.75, 3.05) is 6.54 Å². The monoisotopic (exact) mass is 301 g/mol. The Morgan fingerprint density at radius 1 is 1.19 bits per heavy atom. The second kappa shape index (κ2) is 7.47. The molecule has 0 saturated heterocycles. The summed E-state index contributed by atoms with van der Waals surface area (Å²) in [6, 6.07) is 13.1. The fourth-order valence-corrected chi connectivity index (χ4v) is 1.93. The molecule has 2 aromatic rings. The van der Waals surface area contributed by atoms with Gasteiger partial charge in [-0.1, -0.05) is 29.7 Å². The van der Waals surface area contributed by atoms with Crippen LogP contribution in [0.2, 0.25) is 5.02 Å². The van der Waals surface area contributed by atoms with Gasteiger partial charge in [0.25, 0.3) is 5.91 Å². The van der Waals surface area contributed by atoms with Crippen molar-refractivity contribution in [2.24, 2.45) is 0 Å². The Balaban J connectivity index is 1.81. The second-order valence-corrected chi connectivity index (χ2v) is 4.83. The molecular formula is C17H13ClFNO. The van der Waals surface area contributed by atoms with E-state index in [9.17, 15) is 9.18 Å². The zero-order chi connectivity index (χ0) is 15.1. The molecule has 0 bridgehead atoms. The Bertz CT molecular complexity index is 686. The summed E-state index contributed by atoms with van der Waals surface area (Å²) in [7, 11) is 0. The highest BCUT2D eigenvalue weighted by Crippen LogP contribution is 2.10. The number of hydrogen-bond acceptors (Lipinski definition) is 1. The van der Waals surface area contributed by atoms with Gasteiger partial charge >= 0.3 is 0 Å². The van der Waals surface area contributed by atoms with E-state index in [0.717, 1.165) is 5.56 Å². The molecule has 0 spiro atoms. The molecule has 1 amide bonds. The van der Waals surface area contributed by atoms with Gasteiger partial charge in [0.2, 0.25) is 0 Å². The summed E-state index contributed by atoms with van der Waals surface area (Å²) >= 11 is 5.88. The van der Waals surface area contributed by atoms with Crippen molar-refractivity contribution in [3.8, 4) is 11.8 Å². The minimum atomic E-state index is -0.360. The average Bonchev–Trinajstić information content (AvgIpc) is 2.47. The first-order chi connectivity index (χ1) is 10.1. The number of rotatable bonds is 3. The van der Waals surface area contributed by atoms with Crippen molar-refractivity contribution in [1.82, 2.24) is 5.32 Å². The molecule has 0 heterocycles. The lowest BCUT2D eigenvalue weighted by atomic mass is 10.1. The first-order valence-corrected chi connectivity index (χ1v) is 6.81. The molecule has 106 valence electrons. The predicted molar refractivity (Wildman–Crippen MR) is 81.4 cm³/mol. The summed E-state index contributed by atoms with van der Waals surface area (Å²) in [5.74, 6) is 4.46. The number of halogens is 2. The zero-order valence-electron chi connectivity index (χ0n) is 11.2. The van der Waals surface area contributed by atoms with Crippen molar-refractivity contribution in [3.63, 3.8) is 0 Å². The quantitative estimate of drug-likeness (QED) is 0.867. The van der Waals surface area contributed by atoms with Crippen LogP contribution in [0.25, 0.3) is 0 Å². The van der Waals surface area contributed by atoms with Crippen LogP contribution >= 0.6 is 11.6 Å². The molecule has 1 N–H and O–H groups in total. The van der Waals surface area contributed by atoms with E-state index in [1.165, 1.54) is 24.3 Å². The molecule has 0 aliphatic carbocycles. The van der Waals surface area contributed by atoms with Crippen molar-refractivity contribution < 1.29 is 9.18 Å². The topological polar surface area (TPSA) is 29.1 Å². The van der Waals surface area contributed by atoms with Crippen LogP contribution in [0.15, 0.2) is 48.5 Å². The van der Waals surface area contributed by atoms with E-state index in [1.54, 1.807) is 6.07 Å². The van der Waals surface area contributed by atoms with Crippen LogP contribution in [-0.2, 0) is 11.2 Å². The highest BCUT2D eigenvalue weighted by molar-refractivity contribution is 6.30. The van der Waals surface area contributed by atoms with E-state index in [-0.39, 0.29) is 11.7 Å². The Morgan fingerprint density at radius 3 is 2.67 bits per heavy atom. The molecule has 2 aromatic carbocycles. The maximum atomic E-state index is 12.7. The van der Waals surface area contributed by atoms with Gasteiger partial charge in [-0.3, -0.25) is 4.79 Å². The molecule has 2 nitrogen and oxygen atoms in total. The average molecular weight is 302 g/mol. The highest BCUT2D eigenvalue weighted by atomic mass is 35.5. The molecule has 2 rings (SSSR count). The third-order valence-corrected chi connectivity index (χ3v) is 2.99. The van der Waals surface area contributed by atoms with Gasteiger partial charge in [-0.25, -0.2) is 4.39 Å². The van der Waals surface area contributed by atoms with E-state index >= 15 is 0 Å². The lowest BCUT2D eigenvalue weighted by Gasteiger charge is -2.02. The zero-order valence-corrected chi connectivity index (χ0v) is 12.0. The van der Waals surface area contributed by atoms with E-state index in [0.29, 0.717) is 23.6 Å². The lowest BCUT2D eigenvalue weighted by Crippen LogP contribution is -2.23. The number of amides is 1. The summed E-state index contributed by atoms with van der Waals surface area (Å²) in [6.45, 7) is 0.483. The van der Waals surface area contributed by atoms with Crippen LogP contribution in [0.3, 0.4) is 0 Å². The Labute approximate surface area is 127 Å². The first-order valence-electron chi connectivity index (χ1n) is 6.43. The molecule has 0 radical (unpaired) electrons. The summed E-state index contributed by atoms with van der Waals surface area (Å²) in [5.41, 5.74) is 1.65. The van der Waals surface area contributed by atoms with Crippen LogP contribution in [0.1, 0.15) is 11.1 Å². The van der Waals surface area contributed by atoms with Gasteiger partial charge in [-0.15, -0.1) is 0 Å². The van der Waals surface area contributed by atoms with Crippen LogP contribution < -0.4 is 5.32 Å². The molecule has 0 fully saturated rings. The van der Waals surface area contributed by atoms with Crippen molar-refractivity contribution in [1.29, 1.82) is 0 Å². The summed E-state index contributed by atoms with van der Waals surface area (Å²) in [5, 5.41) is 3.38. The molecule has 0 unspecified atom stereocenters. The summed E-state index contributed by atoms with van der Waals surface area (Å²) in [4.78, 5) is 11.6. The smallest absolute Gasteiger partial charge is 0.296 e. The molecule has 21 heavy (non-hydrogen) atoms. The number of hydrogen-bond donors (Lipinski definition) is 1. The highest BCUT2D eigenvalue weighted by Gasteiger charge is 1.97. The van der Waals surface area contributed by atoms with Gasteiger partial charge in [0.15, 0.2) is 0 Å². The van der Waals surface area contributed by atoms with E-state index < -0.39 is 0 Å². The molecule has 0 atom stereocenters. The maximum Gasteiger partial charge on any atom is 0.296 e. The van der Waals surface area contributed by atoms with Gasteiger partial charge in [0.1, 0.15) is 5.82 Å². The Kier molecular flexibility index (Phi) is 5.36. The Morgan fingerprint density at radius 2 is 1.95 bits per heavy atom. The van der Waals surface area contributed by atoms with Gasteiger partial charge in [0.05, 0.1) is 0 Å². The number of nitrogens with one attached hydrogen (secondary N) is 1. The molecule has 0 saturated carbocycles. The van der Waals surface area contributed by atoms with Crippen LogP contribution in [-0.4, -0.2) is 12.5 Å². The fraction of sp³-hybridized carbons (Fsp3) is 0.118. The maximum absolute atomic E-state index is 12.7. The summed E-state index contributed by atoms with van der Waals surface area (Å²) in [6.07, 6.45) is 0.685. The standard InChI is InChI=1S/C17H13ClFNO/c18-15-3-1-2-14(12-15)10-11-20-17(21)9-6-13-4-7-16(19)8-5-13/h1-5,7-8,12H,10-11H2,(H,20,21). The normalized spacial score (nSPS) is 9.62. The molecule has 0 aliphatic heterocycles. The fourth-order valence-electron chi connectivity index (χ4n) is 1.72. The number of carbonyl (C=O) groups excluding carboxylic acids is 1. The molecule has 0 aromatic heterocycles. The number of benzene rings is 2. The van der Waals surface area contributed by atoms with Crippen LogP contribution in [0, 0.1) is 17.7 Å². The second-order valence-electron chi connectivity index (χ2n) is 4.39. The van der Waals surface area contributed by atoms with Gasteiger partial charge < -0.3 is 5.32 Å².